The molecule has 4 heteroatoms. The lowest BCUT2D eigenvalue weighted by Gasteiger charge is -2.25. The van der Waals surface area contributed by atoms with Crippen LogP contribution in [0.15, 0.2) is 60.7 Å². The second kappa shape index (κ2) is 8.40. The highest BCUT2D eigenvalue weighted by atomic mass is 31.2. The molecule has 2 rings (SSSR count). The smallest absolute Gasteiger partial charge is 0.307 e. The van der Waals surface area contributed by atoms with Gasteiger partial charge < -0.3 is 13.6 Å². The summed E-state index contributed by atoms with van der Waals surface area (Å²) in [5, 5.41) is 0. The van der Waals surface area contributed by atoms with E-state index in [1.807, 2.05) is 81.4 Å². The van der Waals surface area contributed by atoms with E-state index in [4.69, 9.17) is 13.6 Å². The maximum atomic E-state index is 5.90. The Labute approximate surface area is 134 Å². The fraction of sp³-hybridized carbons (Fsp3) is 0.333. The molecule has 0 fully saturated rings. The van der Waals surface area contributed by atoms with Gasteiger partial charge >= 0.3 is 8.60 Å². The SMILES string of the molecule is CC(C)(C)OP(OCc1ccccc1)OCc1ccccc1. The predicted octanol–water partition coefficient (Wildman–Crippen LogP) is 5.46. The van der Waals surface area contributed by atoms with Crippen LogP contribution in [0.1, 0.15) is 31.9 Å². The molecule has 2 aromatic rings. The summed E-state index contributed by atoms with van der Waals surface area (Å²) >= 11 is 0. The standard InChI is InChI=1S/C18H23O3P/c1-18(2,3)21-22(19-14-16-10-6-4-7-11-16)20-15-17-12-8-5-9-13-17/h4-13H,14-15H2,1-3H3. The molecule has 0 aliphatic carbocycles. The highest BCUT2D eigenvalue weighted by Gasteiger charge is 2.22. The molecule has 0 unspecified atom stereocenters. The van der Waals surface area contributed by atoms with Crippen molar-refractivity contribution in [3.8, 4) is 0 Å². The molecule has 0 heterocycles. The third-order valence-corrected chi connectivity index (χ3v) is 4.08. The molecule has 0 amide bonds. The van der Waals surface area contributed by atoms with E-state index in [1.54, 1.807) is 0 Å². The van der Waals surface area contributed by atoms with E-state index in [-0.39, 0.29) is 5.60 Å². The molecule has 0 saturated carbocycles. The molecule has 2 aromatic carbocycles. The summed E-state index contributed by atoms with van der Waals surface area (Å²) in [5.74, 6) is 0. The highest BCUT2D eigenvalue weighted by molar-refractivity contribution is 7.41. The summed E-state index contributed by atoms with van der Waals surface area (Å²) in [4.78, 5) is 0. The predicted molar refractivity (Wildman–Crippen MR) is 90.2 cm³/mol. The summed E-state index contributed by atoms with van der Waals surface area (Å²) in [7, 11) is -1.40. The first-order chi connectivity index (χ1) is 10.5. The summed E-state index contributed by atoms with van der Waals surface area (Å²) in [5.41, 5.74) is 1.91. The van der Waals surface area contributed by atoms with Crippen molar-refractivity contribution in [3.63, 3.8) is 0 Å². The van der Waals surface area contributed by atoms with Gasteiger partial charge in [-0.05, 0) is 31.9 Å². The van der Waals surface area contributed by atoms with Gasteiger partial charge in [-0.2, -0.15) is 0 Å². The first-order valence-electron chi connectivity index (χ1n) is 7.36. The minimum absolute atomic E-state index is 0.306. The Bertz CT molecular complexity index is 494. The van der Waals surface area contributed by atoms with Gasteiger partial charge in [0.25, 0.3) is 0 Å². The minimum atomic E-state index is -1.40. The van der Waals surface area contributed by atoms with Crippen LogP contribution in [0, 0.1) is 0 Å². The molecule has 0 spiro atoms. The number of hydrogen-bond donors (Lipinski definition) is 0. The minimum Gasteiger partial charge on any atom is -0.307 e. The van der Waals surface area contributed by atoms with Crippen molar-refractivity contribution < 1.29 is 13.6 Å². The molecule has 0 bridgehead atoms. The van der Waals surface area contributed by atoms with Crippen LogP contribution in [0.5, 0.6) is 0 Å². The molecular formula is C18H23O3P. The Balaban J connectivity index is 1.90. The van der Waals surface area contributed by atoms with Gasteiger partial charge in [0.05, 0.1) is 18.8 Å². The Kier molecular flexibility index (Phi) is 6.53. The van der Waals surface area contributed by atoms with Gasteiger partial charge in [0, 0.05) is 0 Å². The van der Waals surface area contributed by atoms with Crippen molar-refractivity contribution in [2.75, 3.05) is 0 Å². The van der Waals surface area contributed by atoms with E-state index in [0.717, 1.165) is 11.1 Å². The van der Waals surface area contributed by atoms with Gasteiger partial charge in [-0.15, -0.1) is 0 Å². The maximum absolute atomic E-state index is 5.90. The average Bonchev–Trinajstić information content (AvgIpc) is 2.51. The number of hydrogen-bond acceptors (Lipinski definition) is 3. The number of rotatable bonds is 7. The van der Waals surface area contributed by atoms with Gasteiger partial charge in [-0.25, -0.2) is 0 Å². The maximum Gasteiger partial charge on any atom is 0.333 e. The molecule has 0 saturated heterocycles. The first-order valence-corrected chi connectivity index (χ1v) is 8.45. The lowest BCUT2D eigenvalue weighted by molar-refractivity contribution is 0.0693. The molecular weight excluding hydrogens is 295 g/mol. The van der Waals surface area contributed by atoms with Gasteiger partial charge in [0.1, 0.15) is 0 Å². The van der Waals surface area contributed by atoms with Gasteiger partial charge in [-0.1, -0.05) is 60.7 Å². The van der Waals surface area contributed by atoms with Crippen LogP contribution in [-0.4, -0.2) is 5.60 Å². The highest BCUT2D eigenvalue weighted by Crippen LogP contribution is 2.45. The average molecular weight is 318 g/mol. The molecule has 3 nitrogen and oxygen atoms in total. The summed E-state index contributed by atoms with van der Waals surface area (Å²) in [6, 6.07) is 20.1. The molecule has 0 N–H and O–H groups in total. The molecule has 0 aliphatic rings. The Hall–Kier alpha value is -1.25. The van der Waals surface area contributed by atoms with E-state index in [2.05, 4.69) is 0 Å². The Morgan fingerprint density at radius 3 is 1.50 bits per heavy atom. The fourth-order valence-electron chi connectivity index (χ4n) is 1.72. The van der Waals surface area contributed by atoms with Crippen LogP contribution in [0.4, 0.5) is 0 Å². The molecule has 0 aliphatic heterocycles. The molecule has 0 atom stereocenters. The summed E-state index contributed by atoms with van der Waals surface area (Å²) in [6.07, 6.45) is 0. The van der Waals surface area contributed by atoms with Crippen LogP contribution in [0.2, 0.25) is 0 Å². The zero-order chi connectivity index (χ0) is 15.8. The van der Waals surface area contributed by atoms with E-state index in [0.29, 0.717) is 13.2 Å². The van der Waals surface area contributed by atoms with Crippen LogP contribution < -0.4 is 0 Å². The van der Waals surface area contributed by atoms with Crippen molar-refractivity contribution >= 4 is 8.60 Å². The van der Waals surface area contributed by atoms with Crippen molar-refractivity contribution in [2.45, 2.75) is 39.6 Å². The Morgan fingerprint density at radius 2 is 1.14 bits per heavy atom. The quantitative estimate of drug-likeness (QED) is 0.634. The van der Waals surface area contributed by atoms with E-state index >= 15 is 0 Å². The number of benzene rings is 2. The van der Waals surface area contributed by atoms with Gasteiger partial charge in [-0.3, -0.25) is 0 Å². The third-order valence-electron chi connectivity index (χ3n) is 2.71. The van der Waals surface area contributed by atoms with Crippen LogP contribution >= 0.6 is 8.60 Å². The third kappa shape index (κ3) is 6.67. The van der Waals surface area contributed by atoms with Crippen molar-refractivity contribution in [3.05, 3.63) is 71.8 Å². The van der Waals surface area contributed by atoms with E-state index in [1.165, 1.54) is 0 Å². The van der Waals surface area contributed by atoms with Crippen molar-refractivity contribution in [1.29, 1.82) is 0 Å². The Morgan fingerprint density at radius 1 is 0.727 bits per heavy atom. The largest absolute Gasteiger partial charge is 0.333 e. The fourth-order valence-corrected chi connectivity index (χ4v) is 2.85. The zero-order valence-electron chi connectivity index (χ0n) is 13.4. The van der Waals surface area contributed by atoms with Crippen LogP contribution in [0.3, 0.4) is 0 Å². The summed E-state index contributed by atoms with van der Waals surface area (Å²) < 4.78 is 17.6. The van der Waals surface area contributed by atoms with Gasteiger partial charge in [0.2, 0.25) is 0 Å². The van der Waals surface area contributed by atoms with Crippen molar-refractivity contribution in [1.82, 2.24) is 0 Å². The van der Waals surface area contributed by atoms with Gasteiger partial charge in [0.15, 0.2) is 0 Å². The summed E-state index contributed by atoms with van der Waals surface area (Å²) in [6.45, 7) is 6.97. The lowest BCUT2D eigenvalue weighted by Crippen LogP contribution is -2.17. The van der Waals surface area contributed by atoms with Crippen LogP contribution in [0.25, 0.3) is 0 Å². The van der Waals surface area contributed by atoms with E-state index in [9.17, 15) is 0 Å². The molecule has 22 heavy (non-hydrogen) atoms. The second-order valence-corrected chi connectivity index (χ2v) is 7.09. The normalized spacial score (nSPS) is 11.8. The first kappa shape index (κ1) is 17.1. The van der Waals surface area contributed by atoms with E-state index < -0.39 is 8.60 Å². The van der Waals surface area contributed by atoms with Crippen LogP contribution in [-0.2, 0) is 26.8 Å². The molecule has 118 valence electrons. The molecule has 0 aromatic heterocycles. The lowest BCUT2D eigenvalue weighted by atomic mass is 10.2. The second-order valence-electron chi connectivity index (χ2n) is 5.95. The van der Waals surface area contributed by atoms with Crippen molar-refractivity contribution in [2.24, 2.45) is 0 Å². The zero-order valence-corrected chi connectivity index (χ0v) is 14.3. The molecule has 0 radical (unpaired) electrons. The monoisotopic (exact) mass is 318 g/mol. The topological polar surface area (TPSA) is 27.7 Å².